The summed E-state index contributed by atoms with van der Waals surface area (Å²) in [6.07, 6.45) is 4.36. The second-order valence-electron chi connectivity index (χ2n) is 3.37. The zero-order valence-corrected chi connectivity index (χ0v) is 8.13. The summed E-state index contributed by atoms with van der Waals surface area (Å²) < 4.78 is 0. The molecule has 0 bridgehead atoms. The average molecular weight is 170 g/mol. The van der Waals surface area contributed by atoms with Gasteiger partial charge in [-0.25, -0.2) is 0 Å². The molecule has 0 radical (unpaired) electrons. The van der Waals surface area contributed by atoms with Crippen molar-refractivity contribution in [1.29, 1.82) is 0 Å². The summed E-state index contributed by atoms with van der Waals surface area (Å²) >= 11 is 0. The van der Waals surface area contributed by atoms with Crippen LogP contribution < -0.4 is 0 Å². The summed E-state index contributed by atoms with van der Waals surface area (Å²) in [5.41, 5.74) is 1.30. The Morgan fingerprint density at radius 3 is 2.50 bits per heavy atom. The molecule has 1 N–H and O–H groups in total. The van der Waals surface area contributed by atoms with Gasteiger partial charge < -0.3 is 5.11 Å². The first kappa shape index (κ1) is 11.2. The molecule has 0 fully saturated rings. The summed E-state index contributed by atoms with van der Waals surface area (Å²) in [5.74, 6) is -0.447. The number of hydrogen-bond acceptors (Lipinski definition) is 1. The van der Waals surface area contributed by atoms with Crippen LogP contribution in [-0.2, 0) is 4.79 Å². The first-order chi connectivity index (χ1) is 5.56. The molecule has 2 nitrogen and oxygen atoms in total. The minimum absolute atomic E-state index is 0.255. The smallest absolute Gasteiger partial charge is 0.303 e. The maximum Gasteiger partial charge on any atom is 0.303 e. The van der Waals surface area contributed by atoms with Gasteiger partial charge in [0.05, 0.1) is 0 Å². The van der Waals surface area contributed by atoms with Crippen LogP contribution in [0.1, 0.15) is 40.0 Å². The number of rotatable bonds is 5. The Kier molecular flexibility index (Phi) is 5.43. The third-order valence-electron chi connectivity index (χ3n) is 1.75. The van der Waals surface area contributed by atoms with Crippen molar-refractivity contribution in [2.45, 2.75) is 40.0 Å². The van der Waals surface area contributed by atoms with Crippen molar-refractivity contribution in [2.24, 2.45) is 5.92 Å². The molecule has 2 heteroatoms. The molecule has 0 aliphatic rings. The molecule has 12 heavy (non-hydrogen) atoms. The van der Waals surface area contributed by atoms with E-state index in [1.807, 2.05) is 6.92 Å². The molecule has 0 aromatic heterocycles. The van der Waals surface area contributed by atoms with E-state index >= 15 is 0 Å². The van der Waals surface area contributed by atoms with Crippen molar-refractivity contribution in [3.05, 3.63) is 11.6 Å². The number of hydrogen-bond donors (Lipinski definition) is 1. The molecule has 1 atom stereocenters. The van der Waals surface area contributed by atoms with E-state index in [-0.39, 0.29) is 12.3 Å². The number of carboxylic acid groups (broad SMARTS) is 1. The molecule has 0 saturated carbocycles. The van der Waals surface area contributed by atoms with Crippen LogP contribution in [0.15, 0.2) is 11.6 Å². The van der Waals surface area contributed by atoms with Gasteiger partial charge in [-0.15, -0.1) is 0 Å². The highest BCUT2D eigenvalue weighted by Gasteiger charge is 2.07. The maximum atomic E-state index is 10.3. The topological polar surface area (TPSA) is 37.3 Å². The van der Waals surface area contributed by atoms with E-state index in [1.165, 1.54) is 5.57 Å². The van der Waals surface area contributed by atoms with Crippen molar-refractivity contribution >= 4 is 5.97 Å². The van der Waals surface area contributed by atoms with Crippen LogP contribution >= 0.6 is 0 Å². The fourth-order valence-electron chi connectivity index (χ4n) is 1.35. The van der Waals surface area contributed by atoms with Gasteiger partial charge in [0.25, 0.3) is 0 Å². The van der Waals surface area contributed by atoms with Crippen LogP contribution in [0.3, 0.4) is 0 Å². The third kappa shape index (κ3) is 5.96. The second-order valence-corrected chi connectivity index (χ2v) is 3.37. The van der Waals surface area contributed by atoms with Crippen LogP contribution in [-0.4, -0.2) is 11.1 Å². The zero-order valence-electron chi connectivity index (χ0n) is 8.13. The SMILES string of the molecule is CCC=C(C)CC(C)CC(=O)O. The highest BCUT2D eigenvalue weighted by Crippen LogP contribution is 2.14. The van der Waals surface area contributed by atoms with Crippen molar-refractivity contribution in [1.82, 2.24) is 0 Å². The van der Waals surface area contributed by atoms with Crippen LogP contribution in [0.25, 0.3) is 0 Å². The van der Waals surface area contributed by atoms with Gasteiger partial charge in [0.2, 0.25) is 0 Å². The van der Waals surface area contributed by atoms with Gasteiger partial charge in [-0.1, -0.05) is 25.5 Å². The van der Waals surface area contributed by atoms with Gasteiger partial charge in [0, 0.05) is 6.42 Å². The Morgan fingerprint density at radius 1 is 1.50 bits per heavy atom. The molecule has 0 amide bonds. The Labute approximate surface area is 74.3 Å². The summed E-state index contributed by atoms with van der Waals surface area (Å²) in [6, 6.07) is 0. The molecular weight excluding hydrogens is 152 g/mol. The van der Waals surface area contributed by atoms with E-state index < -0.39 is 5.97 Å². The quantitative estimate of drug-likeness (QED) is 0.644. The number of carboxylic acids is 1. The van der Waals surface area contributed by atoms with Gasteiger partial charge in [0.15, 0.2) is 0 Å². The average Bonchev–Trinajstić information content (AvgIpc) is 1.84. The molecule has 0 aliphatic heterocycles. The van der Waals surface area contributed by atoms with E-state index in [9.17, 15) is 4.79 Å². The summed E-state index contributed by atoms with van der Waals surface area (Å²) in [6.45, 7) is 6.12. The number of allylic oxidation sites excluding steroid dienone is 2. The van der Waals surface area contributed by atoms with E-state index in [4.69, 9.17) is 5.11 Å². The lowest BCUT2D eigenvalue weighted by Crippen LogP contribution is -2.04. The van der Waals surface area contributed by atoms with Crippen LogP contribution in [0.2, 0.25) is 0 Å². The van der Waals surface area contributed by atoms with Crippen molar-refractivity contribution in [3.8, 4) is 0 Å². The van der Waals surface area contributed by atoms with Gasteiger partial charge in [-0.05, 0) is 25.7 Å². The Hall–Kier alpha value is -0.790. The first-order valence-corrected chi connectivity index (χ1v) is 4.43. The van der Waals surface area contributed by atoms with Crippen molar-refractivity contribution in [3.63, 3.8) is 0 Å². The van der Waals surface area contributed by atoms with Gasteiger partial charge in [0.1, 0.15) is 0 Å². The second kappa shape index (κ2) is 5.81. The van der Waals surface area contributed by atoms with Gasteiger partial charge >= 0.3 is 5.97 Å². The van der Waals surface area contributed by atoms with E-state index in [0.29, 0.717) is 0 Å². The number of aliphatic carboxylic acids is 1. The molecular formula is C10H18O2. The molecule has 1 unspecified atom stereocenters. The zero-order chi connectivity index (χ0) is 9.56. The predicted molar refractivity (Wildman–Crippen MR) is 50.1 cm³/mol. The van der Waals surface area contributed by atoms with Gasteiger partial charge in [-0.2, -0.15) is 0 Å². The lowest BCUT2D eigenvalue weighted by atomic mass is 9.98. The fraction of sp³-hybridized carbons (Fsp3) is 0.700. The molecule has 0 spiro atoms. The third-order valence-corrected chi connectivity index (χ3v) is 1.75. The first-order valence-electron chi connectivity index (χ1n) is 4.43. The largest absolute Gasteiger partial charge is 0.481 e. The number of carbonyl (C=O) groups is 1. The molecule has 0 heterocycles. The molecule has 0 aromatic rings. The predicted octanol–water partition coefficient (Wildman–Crippen LogP) is 2.84. The lowest BCUT2D eigenvalue weighted by Gasteiger charge is -2.07. The lowest BCUT2D eigenvalue weighted by molar-refractivity contribution is -0.137. The molecule has 0 aliphatic carbocycles. The minimum atomic E-state index is -0.702. The van der Waals surface area contributed by atoms with Crippen molar-refractivity contribution in [2.75, 3.05) is 0 Å². The summed E-state index contributed by atoms with van der Waals surface area (Å²) in [7, 11) is 0. The van der Waals surface area contributed by atoms with Crippen LogP contribution in [0.4, 0.5) is 0 Å². The Bertz CT molecular complexity index is 171. The van der Waals surface area contributed by atoms with Crippen molar-refractivity contribution < 1.29 is 9.90 Å². The fourth-order valence-corrected chi connectivity index (χ4v) is 1.35. The monoisotopic (exact) mass is 170 g/mol. The molecule has 0 rings (SSSR count). The highest BCUT2D eigenvalue weighted by molar-refractivity contribution is 5.66. The molecule has 0 aromatic carbocycles. The highest BCUT2D eigenvalue weighted by atomic mass is 16.4. The minimum Gasteiger partial charge on any atom is -0.481 e. The Morgan fingerprint density at radius 2 is 2.08 bits per heavy atom. The van der Waals surface area contributed by atoms with Crippen LogP contribution in [0, 0.1) is 5.92 Å². The van der Waals surface area contributed by atoms with Crippen LogP contribution in [0.5, 0.6) is 0 Å². The Balaban J connectivity index is 3.75. The normalized spacial score (nSPS) is 14.4. The summed E-state index contributed by atoms with van der Waals surface area (Å²) in [4.78, 5) is 10.3. The molecule has 0 saturated heterocycles. The van der Waals surface area contributed by atoms with E-state index in [0.717, 1.165) is 12.8 Å². The van der Waals surface area contributed by atoms with Gasteiger partial charge in [-0.3, -0.25) is 4.79 Å². The summed E-state index contributed by atoms with van der Waals surface area (Å²) in [5, 5.41) is 8.51. The van der Waals surface area contributed by atoms with E-state index in [1.54, 1.807) is 0 Å². The standard InChI is InChI=1S/C10H18O2/c1-4-5-8(2)6-9(3)7-10(11)12/h5,9H,4,6-7H2,1-3H3,(H,11,12). The molecule has 70 valence electrons. The van der Waals surface area contributed by atoms with E-state index in [2.05, 4.69) is 19.9 Å². The maximum absolute atomic E-state index is 10.3.